The molecule has 1 fully saturated rings. The zero-order valence-electron chi connectivity index (χ0n) is 19.8. The highest BCUT2D eigenvalue weighted by molar-refractivity contribution is 5.75. The Balaban J connectivity index is 1.21. The van der Waals surface area contributed by atoms with E-state index in [0.29, 0.717) is 19.0 Å². The Hall–Kier alpha value is -3.09. The number of benzene rings is 2. The Morgan fingerprint density at radius 1 is 1.21 bits per heavy atom. The lowest BCUT2D eigenvalue weighted by Crippen LogP contribution is -2.43. The zero-order chi connectivity index (χ0) is 23.5. The number of fused-ring (bicyclic) bond motifs is 2. The number of amides is 1. The standard InChI is InChI=1S/C27H33FN4O2/c1-19(16-31-13-12-21-15-22(28)10-11-25(21)31)30-27(33)34-23(14-20-6-2-3-7-20)17-32-18-29-24-8-4-5-9-26(24)32/h4-5,8-11,15,18-20,23H,2-3,6-7,12-14,16-17H2,1H3,(H,30,33). The SMILES string of the molecule is CC(CN1CCc2cc(F)ccc21)NC(=O)OC(CC1CCCC1)Cn1cnc2ccccc21. The predicted molar refractivity (Wildman–Crippen MR) is 131 cm³/mol. The minimum absolute atomic E-state index is 0.0929. The molecule has 7 heteroatoms. The van der Waals surface area contributed by atoms with Crippen LogP contribution in [0.25, 0.3) is 11.0 Å². The Morgan fingerprint density at radius 2 is 2.03 bits per heavy atom. The minimum Gasteiger partial charge on any atom is -0.444 e. The van der Waals surface area contributed by atoms with Gasteiger partial charge in [0.25, 0.3) is 0 Å². The van der Waals surface area contributed by atoms with Gasteiger partial charge in [-0.2, -0.15) is 0 Å². The number of hydrogen-bond donors (Lipinski definition) is 1. The van der Waals surface area contributed by atoms with E-state index in [4.69, 9.17) is 4.74 Å². The molecule has 0 spiro atoms. The van der Waals surface area contributed by atoms with Crippen molar-refractivity contribution in [2.45, 2.75) is 64.1 Å². The van der Waals surface area contributed by atoms with E-state index in [0.717, 1.165) is 41.7 Å². The highest BCUT2D eigenvalue weighted by Crippen LogP contribution is 2.30. The van der Waals surface area contributed by atoms with Crippen LogP contribution in [0.15, 0.2) is 48.8 Å². The first-order valence-corrected chi connectivity index (χ1v) is 12.5. The highest BCUT2D eigenvalue weighted by atomic mass is 19.1. The van der Waals surface area contributed by atoms with Crippen LogP contribution in [0.5, 0.6) is 0 Å². The van der Waals surface area contributed by atoms with Gasteiger partial charge in [0, 0.05) is 24.8 Å². The first-order valence-electron chi connectivity index (χ1n) is 12.5. The molecule has 1 N–H and O–H groups in total. The molecule has 2 aliphatic rings. The first kappa shape index (κ1) is 22.7. The van der Waals surface area contributed by atoms with Crippen molar-refractivity contribution in [2.75, 3.05) is 18.0 Å². The fourth-order valence-corrected chi connectivity index (χ4v) is 5.54. The summed E-state index contributed by atoms with van der Waals surface area (Å²) in [7, 11) is 0. The normalized spacial score (nSPS) is 17.6. The summed E-state index contributed by atoms with van der Waals surface area (Å²) >= 11 is 0. The molecule has 2 heterocycles. The number of anilines is 1. The number of carbonyl (C=O) groups excluding carboxylic acids is 1. The largest absolute Gasteiger partial charge is 0.444 e. The lowest BCUT2D eigenvalue weighted by molar-refractivity contribution is 0.0711. The van der Waals surface area contributed by atoms with Gasteiger partial charge in [0.15, 0.2) is 0 Å². The van der Waals surface area contributed by atoms with Crippen LogP contribution in [0.3, 0.4) is 0 Å². The van der Waals surface area contributed by atoms with Gasteiger partial charge in [0.1, 0.15) is 11.9 Å². The van der Waals surface area contributed by atoms with Gasteiger partial charge in [0.2, 0.25) is 0 Å². The molecule has 1 aliphatic carbocycles. The number of imidazole rings is 1. The molecule has 0 radical (unpaired) electrons. The maximum absolute atomic E-state index is 13.5. The second-order valence-corrected chi connectivity index (χ2v) is 9.81. The van der Waals surface area contributed by atoms with E-state index in [1.807, 2.05) is 37.5 Å². The van der Waals surface area contributed by atoms with Gasteiger partial charge in [-0.25, -0.2) is 14.2 Å². The number of nitrogens with one attached hydrogen (secondary N) is 1. The quantitative estimate of drug-likeness (QED) is 0.491. The van der Waals surface area contributed by atoms with Crippen LogP contribution >= 0.6 is 0 Å². The lowest BCUT2D eigenvalue weighted by atomic mass is 10.00. The second kappa shape index (κ2) is 10.0. The zero-order valence-corrected chi connectivity index (χ0v) is 19.8. The van der Waals surface area contributed by atoms with Gasteiger partial charge in [-0.15, -0.1) is 0 Å². The number of aromatic nitrogens is 2. The number of halogens is 1. The molecular formula is C27H33FN4O2. The molecule has 1 aromatic heterocycles. The Morgan fingerprint density at radius 3 is 2.88 bits per heavy atom. The Labute approximate surface area is 200 Å². The Kier molecular flexibility index (Phi) is 6.70. The van der Waals surface area contributed by atoms with E-state index >= 15 is 0 Å². The molecular weight excluding hydrogens is 431 g/mol. The third kappa shape index (κ3) is 5.18. The van der Waals surface area contributed by atoms with Crippen molar-refractivity contribution in [2.24, 2.45) is 5.92 Å². The fourth-order valence-electron chi connectivity index (χ4n) is 5.54. The van der Waals surface area contributed by atoms with Gasteiger partial charge in [-0.1, -0.05) is 37.8 Å². The van der Waals surface area contributed by atoms with Crippen molar-refractivity contribution in [3.8, 4) is 0 Å². The average molecular weight is 465 g/mol. The van der Waals surface area contributed by atoms with Crippen LogP contribution < -0.4 is 10.2 Å². The van der Waals surface area contributed by atoms with E-state index in [1.54, 1.807) is 6.07 Å². The molecule has 1 saturated carbocycles. The van der Waals surface area contributed by atoms with Crippen molar-refractivity contribution in [1.29, 1.82) is 0 Å². The monoisotopic (exact) mass is 464 g/mol. The number of carbonyl (C=O) groups is 1. The van der Waals surface area contributed by atoms with Crippen LogP contribution in [0, 0.1) is 11.7 Å². The summed E-state index contributed by atoms with van der Waals surface area (Å²) in [4.78, 5) is 19.6. The van der Waals surface area contributed by atoms with Gasteiger partial charge in [-0.05, 0) is 61.6 Å². The molecule has 3 aromatic rings. The number of ether oxygens (including phenoxy) is 1. The summed E-state index contributed by atoms with van der Waals surface area (Å²) in [6.45, 7) is 4.08. The number of alkyl carbamates (subject to hydrolysis) is 1. The van der Waals surface area contributed by atoms with E-state index < -0.39 is 0 Å². The first-order chi connectivity index (χ1) is 16.5. The third-order valence-electron chi connectivity index (χ3n) is 7.16. The number of rotatable bonds is 8. The van der Waals surface area contributed by atoms with Crippen molar-refractivity contribution in [3.63, 3.8) is 0 Å². The van der Waals surface area contributed by atoms with Crippen LogP contribution in [0.1, 0.15) is 44.6 Å². The van der Waals surface area contributed by atoms with Gasteiger partial charge >= 0.3 is 6.09 Å². The molecule has 6 nitrogen and oxygen atoms in total. The van der Waals surface area contributed by atoms with E-state index in [9.17, 15) is 9.18 Å². The van der Waals surface area contributed by atoms with Crippen molar-refractivity contribution in [1.82, 2.24) is 14.9 Å². The summed E-state index contributed by atoms with van der Waals surface area (Å²) in [5.74, 6) is 0.404. The predicted octanol–water partition coefficient (Wildman–Crippen LogP) is 5.30. The molecule has 180 valence electrons. The van der Waals surface area contributed by atoms with Gasteiger partial charge < -0.3 is 19.5 Å². The van der Waals surface area contributed by atoms with Crippen LogP contribution in [-0.4, -0.2) is 40.9 Å². The minimum atomic E-state index is -0.376. The lowest BCUT2D eigenvalue weighted by Gasteiger charge is -2.26. The van der Waals surface area contributed by atoms with Gasteiger partial charge in [0.05, 0.1) is 23.9 Å². The molecule has 0 bridgehead atoms. The van der Waals surface area contributed by atoms with Crippen LogP contribution in [-0.2, 0) is 17.7 Å². The maximum Gasteiger partial charge on any atom is 0.407 e. The number of para-hydroxylation sites is 2. The molecule has 2 unspecified atom stereocenters. The summed E-state index contributed by atoms with van der Waals surface area (Å²) in [5, 5.41) is 3.02. The molecule has 5 rings (SSSR count). The molecule has 1 aliphatic heterocycles. The maximum atomic E-state index is 13.5. The molecule has 2 aromatic carbocycles. The van der Waals surface area contributed by atoms with Crippen molar-refractivity contribution in [3.05, 3.63) is 60.2 Å². The average Bonchev–Trinajstić information content (AvgIpc) is 3.55. The van der Waals surface area contributed by atoms with Crippen LogP contribution in [0.2, 0.25) is 0 Å². The van der Waals surface area contributed by atoms with E-state index in [2.05, 4.69) is 25.8 Å². The Bertz CT molecular complexity index is 1140. The summed E-state index contributed by atoms with van der Waals surface area (Å²) in [6.07, 6.45) is 7.89. The van der Waals surface area contributed by atoms with Crippen molar-refractivity contribution < 1.29 is 13.9 Å². The molecule has 0 saturated heterocycles. The second-order valence-electron chi connectivity index (χ2n) is 9.81. The van der Waals surface area contributed by atoms with Crippen LogP contribution in [0.4, 0.5) is 14.9 Å². The molecule has 1 amide bonds. The van der Waals surface area contributed by atoms with E-state index in [-0.39, 0.29) is 24.1 Å². The topological polar surface area (TPSA) is 59.4 Å². The van der Waals surface area contributed by atoms with Crippen molar-refractivity contribution >= 4 is 22.8 Å². The fraction of sp³-hybridized carbons (Fsp3) is 0.481. The number of nitrogens with zero attached hydrogens (tertiary/aromatic N) is 3. The molecule has 2 atom stereocenters. The smallest absolute Gasteiger partial charge is 0.407 e. The number of hydrogen-bond acceptors (Lipinski definition) is 4. The third-order valence-corrected chi connectivity index (χ3v) is 7.16. The summed E-state index contributed by atoms with van der Waals surface area (Å²) in [6, 6.07) is 12.9. The summed E-state index contributed by atoms with van der Waals surface area (Å²) in [5.41, 5.74) is 4.08. The summed E-state index contributed by atoms with van der Waals surface area (Å²) < 4.78 is 21.6. The van der Waals surface area contributed by atoms with E-state index in [1.165, 1.54) is 31.7 Å². The van der Waals surface area contributed by atoms with Gasteiger partial charge in [-0.3, -0.25) is 0 Å². The molecule has 34 heavy (non-hydrogen) atoms. The highest BCUT2D eigenvalue weighted by Gasteiger charge is 2.26.